The number of nitrogens with one attached hydrogen (secondary N) is 3. The molecule has 0 spiro atoms. The highest BCUT2D eigenvalue weighted by molar-refractivity contribution is 5.97. The third-order valence-corrected chi connectivity index (χ3v) is 10.2. The van der Waals surface area contributed by atoms with E-state index in [1.165, 1.54) is 35.6 Å². The second kappa shape index (κ2) is 18.7. The van der Waals surface area contributed by atoms with Crippen molar-refractivity contribution in [3.8, 4) is 0 Å². The highest BCUT2D eigenvalue weighted by atomic mass is 16.5. The molecule has 0 bridgehead atoms. The van der Waals surface area contributed by atoms with E-state index in [9.17, 15) is 33.6 Å². The summed E-state index contributed by atoms with van der Waals surface area (Å²) in [7, 11) is 1.47. The average Bonchev–Trinajstić information content (AvgIpc) is 3.78. The van der Waals surface area contributed by atoms with Crippen LogP contribution in [0.2, 0.25) is 0 Å². The van der Waals surface area contributed by atoms with Gasteiger partial charge in [0, 0.05) is 33.0 Å². The number of likely N-dealkylation sites (N-methyl/N-ethyl adjacent to an activating group) is 1. The van der Waals surface area contributed by atoms with Crippen molar-refractivity contribution in [1.29, 1.82) is 0 Å². The lowest BCUT2D eigenvalue weighted by Gasteiger charge is -2.34. The van der Waals surface area contributed by atoms with E-state index in [1.54, 1.807) is 0 Å². The fourth-order valence-electron chi connectivity index (χ4n) is 7.03. The van der Waals surface area contributed by atoms with Gasteiger partial charge in [-0.15, -0.1) is 6.58 Å². The summed E-state index contributed by atoms with van der Waals surface area (Å²) in [5, 5.41) is 8.24. The third kappa shape index (κ3) is 10.2. The zero-order valence-corrected chi connectivity index (χ0v) is 30.8. The molecule has 14 nitrogen and oxygen atoms in total. The summed E-state index contributed by atoms with van der Waals surface area (Å²) < 4.78 is 5.70. The van der Waals surface area contributed by atoms with Gasteiger partial charge in [-0.25, -0.2) is 4.79 Å². The van der Waals surface area contributed by atoms with Crippen LogP contribution in [0, 0.1) is 5.92 Å². The number of esters is 1. The average molecular weight is 723 g/mol. The molecule has 3 aliphatic rings. The van der Waals surface area contributed by atoms with Gasteiger partial charge in [0.1, 0.15) is 42.9 Å². The van der Waals surface area contributed by atoms with Crippen molar-refractivity contribution in [3.05, 3.63) is 48.6 Å². The van der Waals surface area contributed by atoms with E-state index in [-0.39, 0.29) is 37.8 Å². The molecule has 3 heterocycles. The Bertz CT molecular complexity index is 1490. The lowest BCUT2D eigenvalue weighted by molar-refractivity contribution is -0.158. The van der Waals surface area contributed by atoms with Crippen molar-refractivity contribution in [3.63, 3.8) is 0 Å². The quantitative estimate of drug-likeness (QED) is 0.175. The molecule has 7 atom stereocenters. The molecule has 284 valence electrons. The first kappa shape index (κ1) is 40.0. The fraction of sp³-hybridized carbons (Fsp3) is 0.605. The molecule has 3 aliphatic heterocycles. The molecule has 3 saturated heterocycles. The maximum atomic E-state index is 14.3. The van der Waals surface area contributed by atoms with Crippen molar-refractivity contribution in [2.24, 2.45) is 5.92 Å². The summed E-state index contributed by atoms with van der Waals surface area (Å²) in [6, 6.07) is 2.84. The smallest absolute Gasteiger partial charge is 0.328 e. The van der Waals surface area contributed by atoms with E-state index in [0.717, 1.165) is 24.8 Å². The van der Waals surface area contributed by atoms with Crippen molar-refractivity contribution in [1.82, 2.24) is 30.7 Å². The summed E-state index contributed by atoms with van der Waals surface area (Å²) in [5.41, 5.74) is 0.783. The van der Waals surface area contributed by atoms with Gasteiger partial charge in [0.25, 0.3) is 0 Å². The Balaban J connectivity index is 1.62. The molecular weight excluding hydrogens is 668 g/mol. The number of hydrogen-bond donors (Lipinski definition) is 3. The third-order valence-electron chi connectivity index (χ3n) is 10.2. The van der Waals surface area contributed by atoms with E-state index in [0.29, 0.717) is 25.7 Å². The number of nitrogens with zero attached hydrogens (tertiary/aromatic N) is 3. The van der Waals surface area contributed by atoms with E-state index in [2.05, 4.69) is 22.5 Å². The Morgan fingerprint density at radius 3 is 2.42 bits per heavy atom. The zero-order chi connectivity index (χ0) is 37.9. The van der Waals surface area contributed by atoms with Gasteiger partial charge in [-0.05, 0) is 63.9 Å². The number of carbonyl (C=O) groups excluding carboxylic acids is 7. The first-order valence-electron chi connectivity index (χ1n) is 18.4. The number of fused-ring (bicyclic) bond motifs is 2. The largest absolute Gasteiger partial charge is 0.461 e. The predicted molar refractivity (Wildman–Crippen MR) is 192 cm³/mol. The highest BCUT2D eigenvalue weighted by Crippen LogP contribution is 2.26. The molecule has 1 aromatic rings. The van der Waals surface area contributed by atoms with Crippen LogP contribution >= 0.6 is 0 Å². The molecule has 0 radical (unpaired) electrons. The number of amides is 6. The maximum Gasteiger partial charge on any atom is 0.328 e. The van der Waals surface area contributed by atoms with Gasteiger partial charge in [-0.1, -0.05) is 49.8 Å². The molecule has 0 unspecified atom stereocenters. The maximum absolute atomic E-state index is 14.3. The number of rotatable bonds is 11. The van der Waals surface area contributed by atoms with E-state index < -0.39 is 78.4 Å². The number of ether oxygens (including phenoxy) is 1. The van der Waals surface area contributed by atoms with E-state index in [1.807, 2.05) is 43.3 Å². The standard InChI is InChI=1S/C38H54N6O8/c1-6-7-8-9-13-18-32(45)40-28(21-27-15-11-10-12-16-27)34(47)41-29-23-52-38(51)31-20-24(2)22-44(31)35(48)25(3)39-33(46)26(4)42(5)37(50)30-17-14-19-43(30)36(29)49/h6,10-12,15-16,24-26,28-31H,1,7-9,13-14,17-23H2,2-5H3,(H,39,46)(H,40,45)(H,41,47)/t24-,25+,26+,28+,29+,30+,31+/m1/s1. The molecular formula is C38H54N6O8. The SMILES string of the molecule is C=CCCCCCC(=O)N[C@@H](Cc1ccccc1)C(=O)N[C@H]1COC(=O)[C@@H]2C[C@@H](C)CN2C(=O)[C@H](C)NC(=O)[C@H](C)N(C)C(=O)[C@@H]2CCCN2C1=O. The Labute approximate surface area is 306 Å². The van der Waals surface area contributed by atoms with Crippen LogP contribution in [0.4, 0.5) is 0 Å². The summed E-state index contributed by atoms with van der Waals surface area (Å²) in [5.74, 6) is -3.90. The van der Waals surface area contributed by atoms with Crippen LogP contribution in [0.1, 0.15) is 77.7 Å². The highest BCUT2D eigenvalue weighted by Gasteiger charge is 2.44. The molecule has 1 aromatic carbocycles. The summed E-state index contributed by atoms with van der Waals surface area (Å²) in [4.78, 5) is 99.4. The second-order valence-corrected chi connectivity index (χ2v) is 14.3. The van der Waals surface area contributed by atoms with Gasteiger partial charge < -0.3 is 35.4 Å². The Morgan fingerprint density at radius 1 is 0.981 bits per heavy atom. The van der Waals surface area contributed by atoms with Gasteiger partial charge in [-0.2, -0.15) is 0 Å². The molecule has 14 heteroatoms. The number of benzene rings is 1. The van der Waals surface area contributed by atoms with Crippen molar-refractivity contribution in [2.45, 2.75) is 115 Å². The minimum atomic E-state index is -1.40. The van der Waals surface area contributed by atoms with Crippen LogP contribution in [-0.2, 0) is 44.7 Å². The molecule has 0 aromatic heterocycles. The molecule has 3 fully saturated rings. The van der Waals surface area contributed by atoms with Crippen molar-refractivity contribution < 1.29 is 38.3 Å². The van der Waals surface area contributed by atoms with Gasteiger partial charge >= 0.3 is 5.97 Å². The number of allylic oxidation sites excluding steroid dienone is 1. The van der Waals surface area contributed by atoms with Crippen LogP contribution in [0.25, 0.3) is 0 Å². The van der Waals surface area contributed by atoms with Gasteiger partial charge in [0.2, 0.25) is 35.4 Å². The molecule has 3 N–H and O–H groups in total. The van der Waals surface area contributed by atoms with E-state index in [4.69, 9.17) is 4.74 Å². The van der Waals surface area contributed by atoms with Crippen LogP contribution in [-0.4, -0.2) is 119 Å². The fourth-order valence-corrected chi connectivity index (χ4v) is 7.03. The summed E-state index contributed by atoms with van der Waals surface area (Å²) in [6.45, 7) is 8.60. The molecule has 6 amide bonds. The first-order valence-corrected chi connectivity index (χ1v) is 18.4. The van der Waals surface area contributed by atoms with Gasteiger partial charge in [-0.3, -0.25) is 28.8 Å². The topological polar surface area (TPSA) is 175 Å². The Morgan fingerprint density at radius 2 is 1.71 bits per heavy atom. The summed E-state index contributed by atoms with van der Waals surface area (Å²) >= 11 is 0. The predicted octanol–water partition coefficient (Wildman–Crippen LogP) is 1.47. The Kier molecular flexibility index (Phi) is 14.4. The number of carbonyl (C=O) groups is 7. The monoisotopic (exact) mass is 722 g/mol. The van der Waals surface area contributed by atoms with Crippen molar-refractivity contribution in [2.75, 3.05) is 26.7 Å². The normalized spacial score (nSPS) is 26.6. The minimum Gasteiger partial charge on any atom is -0.461 e. The lowest BCUT2D eigenvalue weighted by Crippen LogP contribution is -2.60. The second-order valence-electron chi connectivity index (χ2n) is 14.3. The van der Waals surface area contributed by atoms with Crippen LogP contribution < -0.4 is 16.0 Å². The first-order chi connectivity index (χ1) is 24.8. The van der Waals surface area contributed by atoms with Crippen LogP contribution in [0.3, 0.4) is 0 Å². The number of hydrogen-bond acceptors (Lipinski definition) is 8. The molecule has 4 rings (SSSR count). The van der Waals surface area contributed by atoms with Gasteiger partial charge in [0.05, 0.1) is 0 Å². The number of unbranched alkanes of at least 4 members (excludes halogenated alkanes) is 3. The van der Waals surface area contributed by atoms with Gasteiger partial charge in [0.15, 0.2) is 0 Å². The molecule has 52 heavy (non-hydrogen) atoms. The Hall–Kier alpha value is -4.75. The lowest BCUT2D eigenvalue weighted by atomic mass is 10.0. The molecule has 0 aliphatic carbocycles. The van der Waals surface area contributed by atoms with Crippen LogP contribution in [0.15, 0.2) is 43.0 Å². The van der Waals surface area contributed by atoms with Crippen molar-refractivity contribution >= 4 is 41.4 Å². The minimum absolute atomic E-state index is 0.0407. The molecule has 0 saturated carbocycles. The zero-order valence-electron chi connectivity index (χ0n) is 30.8. The van der Waals surface area contributed by atoms with E-state index >= 15 is 0 Å². The van der Waals surface area contributed by atoms with Crippen LogP contribution in [0.5, 0.6) is 0 Å². The summed E-state index contributed by atoms with van der Waals surface area (Å²) in [6.07, 6.45) is 6.53. The number of cyclic esters (lactones) is 1.